The minimum atomic E-state index is -3.84. The number of carbonyl (C=O) groups excluding carboxylic acids is 1. The van der Waals surface area contributed by atoms with E-state index < -0.39 is 16.1 Å². The van der Waals surface area contributed by atoms with E-state index in [9.17, 15) is 13.2 Å². The molecule has 1 fully saturated rings. The van der Waals surface area contributed by atoms with E-state index >= 15 is 0 Å². The Morgan fingerprint density at radius 3 is 2.65 bits per heavy atom. The lowest BCUT2D eigenvalue weighted by molar-refractivity contribution is -0.124. The van der Waals surface area contributed by atoms with E-state index in [0.29, 0.717) is 36.6 Å². The van der Waals surface area contributed by atoms with Crippen molar-refractivity contribution in [3.8, 4) is 0 Å². The average molecular weight is 398 g/mol. The van der Waals surface area contributed by atoms with Crippen LogP contribution in [0.1, 0.15) is 29.9 Å². The molecule has 26 heavy (non-hydrogen) atoms. The first-order chi connectivity index (χ1) is 12.3. The molecule has 0 aliphatic carbocycles. The highest BCUT2D eigenvalue weighted by atomic mass is 35.5. The number of hydrogen-bond acceptors (Lipinski definition) is 5. The Morgan fingerprint density at radius 2 is 2.04 bits per heavy atom. The standard InChI is InChI=1S/C17H20ClN3O4S/c1-11-16(12(2)25-20-11)26(23,24)21-9-3-4-15(21)17(22)19-10-13-5-7-14(18)8-6-13/h5-8,15H,3-4,9-10H2,1-2H3,(H,19,22). The highest BCUT2D eigenvalue weighted by Gasteiger charge is 2.41. The van der Waals surface area contributed by atoms with Crippen LogP contribution in [0.2, 0.25) is 5.02 Å². The summed E-state index contributed by atoms with van der Waals surface area (Å²) in [5, 5.41) is 7.14. The van der Waals surface area contributed by atoms with Gasteiger partial charge in [-0.2, -0.15) is 4.31 Å². The Bertz CT molecular complexity index is 889. The summed E-state index contributed by atoms with van der Waals surface area (Å²) in [6.07, 6.45) is 1.11. The number of rotatable bonds is 5. The van der Waals surface area contributed by atoms with Crippen molar-refractivity contribution in [2.24, 2.45) is 0 Å². The Morgan fingerprint density at radius 1 is 1.35 bits per heavy atom. The molecule has 1 amide bonds. The number of halogens is 1. The van der Waals surface area contributed by atoms with Crippen LogP contribution in [0.3, 0.4) is 0 Å². The highest BCUT2D eigenvalue weighted by molar-refractivity contribution is 7.89. The van der Waals surface area contributed by atoms with Gasteiger partial charge in [0.2, 0.25) is 15.9 Å². The molecule has 3 rings (SSSR count). The van der Waals surface area contributed by atoms with Crippen molar-refractivity contribution < 1.29 is 17.7 Å². The number of carbonyl (C=O) groups is 1. The molecule has 1 aromatic carbocycles. The van der Waals surface area contributed by atoms with Gasteiger partial charge in [0.1, 0.15) is 16.6 Å². The molecule has 1 aliphatic rings. The molecular weight excluding hydrogens is 378 g/mol. The third-order valence-corrected chi connectivity index (χ3v) is 6.83. The number of aryl methyl sites for hydroxylation is 2. The maximum atomic E-state index is 13.0. The fourth-order valence-electron chi connectivity index (χ4n) is 3.16. The number of nitrogens with one attached hydrogen (secondary N) is 1. The van der Waals surface area contributed by atoms with Gasteiger partial charge in [0.15, 0.2) is 5.76 Å². The Hall–Kier alpha value is -1.90. The van der Waals surface area contributed by atoms with Crippen molar-refractivity contribution >= 4 is 27.5 Å². The van der Waals surface area contributed by atoms with Crippen molar-refractivity contribution in [1.29, 1.82) is 0 Å². The smallest absolute Gasteiger partial charge is 0.249 e. The summed E-state index contributed by atoms with van der Waals surface area (Å²) in [5.41, 5.74) is 1.19. The van der Waals surface area contributed by atoms with Crippen molar-refractivity contribution in [2.45, 2.75) is 44.2 Å². The van der Waals surface area contributed by atoms with Crippen molar-refractivity contribution in [2.75, 3.05) is 6.54 Å². The zero-order chi connectivity index (χ0) is 18.9. The van der Waals surface area contributed by atoms with Gasteiger partial charge in [-0.3, -0.25) is 4.79 Å². The number of nitrogens with zero attached hydrogens (tertiary/aromatic N) is 2. The van der Waals surface area contributed by atoms with E-state index in [1.807, 2.05) is 12.1 Å². The number of sulfonamides is 1. The number of benzene rings is 1. The lowest BCUT2D eigenvalue weighted by atomic mass is 10.2. The van der Waals surface area contributed by atoms with Crippen LogP contribution in [0.5, 0.6) is 0 Å². The quantitative estimate of drug-likeness (QED) is 0.836. The van der Waals surface area contributed by atoms with Crippen molar-refractivity contribution in [3.05, 3.63) is 46.3 Å². The second kappa shape index (κ2) is 7.38. The number of hydrogen-bond donors (Lipinski definition) is 1. The molecule has 0 radical (unpaired) electrons. The third-order valence-electron chi connectivity index (χ3n) is 4.42. The summed E-state index contributed by atoms with van der Waals surface area (Å²) in [4.78, 5) is 12.7. The molecule has 1 aromatic heterocycles. The van der Waals surface area contributed by atoms with Gasteiger partial charge in [0.25, 0.3) is 0 Å². The average Bonchev–Trinajstić information content (AvgIpc) is 3.21. The van der Waals surface area contributed by atoms with Gasteiger partial charge in [-0.25, -0.2) is 8.42 Å². The maximum absolute atomic E-state index is 13.0. The van der Waals surface area contributed by atoms with Gasteiger partial charge in [0.05, 0.1) is 0 Å². The molecular formula is C17H20ClN3O4S. The van der Waals surface area contributed by atoms with Gasteiger partial charge < -0.3 is 9.84 Å². The summed E-state index contributed by atoms with van der Waals surface area (Å²) in [6.45, 7) is 3.74. The molecule has 2 aromatic rings. The van der Waals surface area contributed by atoms with Crippen LogP contribution in [0.4, 0.5) is 0 Å². The van der Waals surface area contributed by atoms with E-state index in [2.05, 4.69) is 10.5 Å². The van der Waals surface area contributed by atoms with Gasteiger partial charge in [-0.1, -0.05) is 28.9 Å². The third kappa shape index (κ3) is 3.62. The second-order valence-corrected chi connectivity index (χ2v) is 8.54. The molecule has 9 heteroatoms. The Kier molecular flexibility index (Phi) is 5.36. The van der Waals surface area contributed by atoms with Crippen LogP contribution in [0.15, 0.2) is 33.7 Å². The molecule has 0 bridgehead atoms. The molecule has 1 atom stereocenters. The second-order valence-electron chi connectivity index (χ2n) is 6.27. The predicted molar refractivity (Wildman–Crippen MR) is 96.2 cm³/mol. The van der Waals surface area contributed by atoms with Crippen molar-refractivity contribution in [3.63, 3.8) is 0 Å². The molecule has 2 heterocycles. The molecule has 140 valence electrons. The van der Waals surface area contributed by atoms with E-state index in [4.69, 9.17) is 16.1 Å². The first-order valence-electron chi connectivity index (χ1n) is 8.27. The normalized spacial score (nSPS) is 18.2. The summed E-state index contributed by atoms with van der Waals surface area (Å²) >= 11 is 5.85. The SMILES string of the molecule is Cc1noc(C)c1S(=O)(=O)N1CCCC1C(=O)NCc1ccc(Cl)cc1. The van der Waals surface area contributed by atoms with E-state index in [1.54, 1.807) is 26.0 Å². The van der Waals surface area contributed by atoms with E-state index in [1.165, 1.54) is 4.31 Å². The topological polar surface area (TPSA) is 92.5 Å². The summed E-state index contributed by atoms with van der Waals surface area (Å²) in [6, 6.07) is 6.38. The van der Waals surface area contributed by atoms with Crippen LogP contribution in [0, 0.1) is 13.8 Å². The number of aromatic nitrogens is 1. The first kappa shape index (κ1) is 18.9. The van der Waals surface area contributed by atoms with Crippen molar-refractivity contribution in [1.82, 2.24) is 14.8 Å². The highest BCUT2D eigenvalue weighted by Crippen LogP contribution is 2.29. The molecule has 1 unspecified atom stereocenters. The van der Waals surface area contributed by atoms with Gasteiger partial charge in [-0.05, 0) is 44.4 Å². The van der Waals surface area contributed by atoms with Gasteiger partial charge in [-0.15, -0.1) is 0 Å². The van der Waals surface area contributed by atoms with Crippen LogP contribution < -0.4 is 5.32 Å². The molecule has 1 aliphatic heterocycles. The zero-order valence-corrected chi connectivity index (χ0v) is 16.1. The monoisotopic (exact) mass is 397 g/mol. The van der Waals surface area contributed by atoms with Crippen LogP contribution in [-0.4, -0.2) is 36.4 Å². The fourth-order valence-corrected chi connectivity index (χ4v) is 5.24. The van der Waals surface area contributed by atoms with Crippen LogP contribution in [0.25, 0.3) is 0 Å². The zero-order valence-electron chi connectivity index (χ0n) is 14.5. The molecule has 7 nitrogen and oxygen atoms in total. The Labute approximate surface area is 157 Å². The van der Waals surface area contributed by atoms with E-state index in [-0.39, 0.29) is 16.6 Å². The van der Waals surface area contributed by atoms with Crippen LogP contribution >= 0.6 is 11.6 Å². The minimum absolute atomic E-state index is 0.0508. The van der Waals surface area contributed by atoms with Gasteiger partial charge in [0, 0.05) is 18.1 Å². The summed E-state index contributed by atoms with van der Waals surface area (Å²) in [5.74, 6) is -0.0810. The predicted octanol–water partition coefficient (Wildman–Crippen LogP) is 2.41. The lowest BCUT2D eigenvalue weighted by Gasteiger charge is -2.23. The minimum Gasteiger partial charge on any atom is -0.360 e. The fraction of sp³-hybridized carbons (Fsp3) is 0.412. The molecule has 1 N–H and O–H groups in total. The van der Waals surface area contributed by atoms with Gasteiger partial charge >= 0.3 is 0 Å². The maximum Gasteiger partial charge on any atom is 0.249 e. The molecule has 0 spiro atoms. The summed E-state index contributed by atoms with van der Waals surface area (Å²) in [7, 11) is -3.84. The first-order valence-corrected chi connectivity index (χ1v) is 10.1. The Balaban J connectivity index is 1.75. The van der Waals surface area contributed by atoms with E-state index in [0.717, 1.165) is 5.56 Å². The number of amides is 1. The van der Waals surface area contributed by atoms with Crippen LogP contribution in [-0.2, 0) is 21.4 Å². The largest absolute Gasteiger partial charge is 0.360 e. The molecule has 0 saturated carbocycles. The lowest BCUT2D eigenvalue weighted by Crippen LogP contribution is -2.45. The summed E-state index contributed by atoms with van der Waals surface area (Å²) < 4.78 is 32.2. The molecule has 1 saturated heterocycles.